The van der Waals surface area contributed by atoms with Gasteiger partial charge in [-0.3, -0.25) is 4.79 Å². The molecule has 1 atom stereocenters. The Morgan fingerprint density at radius 1 is 1.28 bits per heavy atom. The zero-order chi connectivity index (χ0) is 13.5. The summed E-state index contributed by atoms with van der Waals surface area (Å²) in [5.74, 6) is -0.791. The fourth-order valence-electron chi connectivity index (χ4n) is 1.56. The molecule has 4 heteroatoms. The lowest BCUT2D eigenvalue weighted by atomic mass is 10.1. The molecule has 1 aromatic carbocycles. The highest BCUT2D eigenvalue weighted by molar-refractivity contribution is 5.70. The molecule has 1 rings (SSSR count). The number of hydrogen-bond acceptors (Lipinski definition) is 3. The van der Waals surface area contributed by atoms with Crippen molar-refractivity contribution >= 4 is 5.97 Å². The largest absolute Gasteiger partial charge is 0.481 e. The van der Waals surface area contributed by atoms with Crippen LogP contribution in [0.4, 0.5) is 0 Å². The summed E-state index contributed by atoms with van der Waals surface area (Å²) >= 11 is 0. The van der Waals surface area contributed by atoms with Gasteiger partial charge in [0.1, 0.15) is 0 Å². The zero-order valence-corrected chi connectivity index (χ0v) is 11.3. The zero-order valence-electron chi connectivity index (χ0n) is 11.3. The van der Waals surface area contributed by atoms with Crippen LogP contribution in [0, 0.1) is 0 Å². The van der Waals surface area contributed by atoms with Gasteiger partial charge in [-0.05, 0) is 32.1 Å². The van der Waals surface area contributed by atoms with Crippen LogP contribution in [0.15, 0.2) is 24.3 Å². The number of rotatable bonds is 7. The standard InChI is InChI=1S/C14H22N2O2/c1-11(16(2)3)9-15-10-13-6-4-12(5-7-13)8-14(17)18/h4-7,11,15H,8-10H2,1-3H3,(H,17,18). The van der Waals surface area contributed by atoms with Gasteiger partial charge in [0.2, 0.25) is 0 Å². The molecule has 1 aromatic rings. The molecule has 0 aliphatic rings. The number of hydrogen-bond donors (Lipinski definition) is 2. The molecule has 1 unspecified atom stereocenters. The summed E-state index contributed by atoms with van der Waals surface area (Å²) in [7, 11) is 4.13. The minimum atomic E-state index is -0.791. The first-order valence-corrected chi connectivity index (χ1v) is 6.16. The van der Waals surface area contributed by atoms with Crippen molar-refractivity contribution in [2.45, 2.75) is 25.9 Å². The summed E-state index contributed by atoms with van der Waals surface area (Å²) in [6.07, 6.45) is 0.0887. The highest BCUT2D eigenvalue weighted by Gasteiger charge is 2.03. The average molecular weight is 250 g/mol. The van der Waals surface area contributed by atoms with Crippen LogP contribution >= 0.6 is 0 Å². The number of carboxylic acid groups (broad SMARTS) is 1. The molecular weight excluding hydrogens is 228 g/mol. The Labute approximate surface area is 109 Å². The van der Waals surface area contributed by atoms with E-state index in [-0.39, 0.29) is 6.42 Å². The first-order chi connectivity index (χ1) is 8.49. The Hall–Kier alpha value is -1.39. The maximum atomic E-state index is 10.5. The lowest BCUT2D eigenvalue weighted by Crippen LogP contribution is -2.35. The molecule has 0 radical (unpaired) electrons. The normalized spacial score (nSPS) is 12.7. The first kappa shape index (κ1) is 14.7. The van der Waals surface area contributed by atoms with Crippen LogP contribution in [0.5, 0.6) is 0 Å². The van der Waals surface area contributed by atoms with Crippen LogP contribution < -0.4 is 5.32 Å². The number of carboxylic acids is 1. The second-order valence-electron chi connectivity index (χ2n) is 4.83. The number of nitrogens with zero attached hydrogens (tertiary/aromatic N) is 1. The third kappa shape index (κ3) is 5.29. The van der Waals surface area contributed by atoms with E-state index in [9.17, 15) is 4.79 Å². The van der Waals surface area contributed by atoms with Crippen LogP contribution in [0.25, 0.3) is 0 Å². The van der Waals surface area contributed by atoms with Crippen molar-refractivity contribution in [1.82, 2.24) is 10.2 Å². The quantitative estimate of drug-likeness (QED) is 0.767. The number of nitrogens with one attached hydrogen (secondary N) is 1. The molecule has 4 nitrogen and oxygen atoms in total. The Balaban J connectivity index is 2.37. The fraction of sp³-hybridized carbons (Fsp3) is 0.500. The third-order valence-electron chi connectivity index (χ3n) is 3.03. The van der Waals surface area contributed by atoms with Gasteiger partial charge in [0.15, 0.2) is 0 Å². The van der Waals surface area contributed by atoms with Crippen molar-refractivity contribution in [3.05, 3.63) is 35.4 Å². The number of carbonyl (C=O) groups is 1. The molecule has 0 fully saturated rings. The van der Waals surface area contributed by atoms with Gasteiger partial charge in [0, 0.05) is 19.1 Å². The van der Waals surface area contributed by atoms with Crippen molar-refractivity contribution < 1.29 is 9.90 Å². The number of likely N-dealkylation sites (N-methyl/N-ethyl adjacent to an activating group) is 1. The molecule has 18 heavy (non-hydrogen) atoms. The van der Waals surface area contributed by atoms with E-state index in [1.54, 1.807) is 0 Å². The molecule has 0 saturated heterocycles. The Bertz CT molecular complexity index is 374. The molecule has 0 aromatic heterocycles. The van der Waals surface area contributed by atoms with Crippen molar-refractivity contribution in [3.63, 3.8) is 0 Å². The maximum absolute atomic E-state index is 10.5. The van der Waals surface area contributed by atoms with E-state index < -0.39 is 5.97 Å². The summed E-state index contributed by atoms with van der Waals surface area (Å²) in [6, 6.07) is 8.20. The van der Waals surface area contributed by atoms with Crippen LogP contribution in [0.2, 0.25) is 0 Å². The second kappa shape index (κ2) is 7.13. The van der Waals surface area contributed by atoms with E-state index in [0.29, 0.717) is 6.04 Å². The van der Waals surface area contributed by atoms with E-state index in [1.807, 2.05) is 24.3 Å². The van der Waals surface area contributed by atoms with E-state index in [2.05, 4.69) is 31.2 Å². The molecule has 100 valence electrons. The predicted octanol–water partition coefficient (Wildman–Crippen LogP) is 1.35. The molecule has 0 saturated carbocycles. The minimum Gasteiger partial charge on any atom is -0.481 e. The molecule has 0 spiro atoms. The van der Waals surface area contributed by atoms with Gasteiger partial charge >= 0.3 is 5.97 Å². The van der Waals surface area contributed by atoms with Crippen LogP contribution in [-0.2, 0) is 17.8 Å². The van der Waals surface area contributed by atoms with Crippen molar-refractivity contribution in [2.75, 3.05) is 20.6 Å². The first-order valence-electron chi connectivity index (χ1n) is 6.16. The highest BCUT2D eigenvalue weighted by atomic mass is 16.4. The van der Waals surface area contributed by atoms with Gasteiger partial charge in [0.05, 0.1) is 6.42 Å². The van der Waals surface area contributed by atoms with Crippen LogP contribution in [0.3, 0.4) is 0 Å². The Morgan fingerprint density at radius 2 is 1.83 bits per heavy atom. The van der Waals surface area contributed by atoms with Gasteiger partial charge < -0.3 is 15.3 Å². The van der Waals surface area contributed by atoms with Crippen molar-refractivity contribution in [2.24, 2.45) is 0 Å². The third-order valence-corrected chi connectivity index (χ3v) is 3.03. The summed E-state index contributed by atoms with van der Waals surface area (Å²) < 4.78 is 0. The summed E-state index contributed by atoms with van der Waals surface area (Å²) in [5.41, 5.74) is 2.02. The van der Waals surface area contributed by atoms with Gasteiger partial charge in [0.25, 0.3) is 0 Å². The van der Waals surface area contributed by atoms with E-state index in [1.165, 1.54) is 5.56 Å². The predicted molar refractivity (Wildman–Crippen MR) is 72.6 cm³/mol. The topological polar surface area (TPSA) is 52.6 Å². The van der Waals surface area contributed by atoms with E-state index in [0.717, 1.165) is 18.7 Å². The Morgan fingerprint density at radius 3 is 2.33 bits per heavy atom. The van der Waals surface area contributed by atoms with Crippen molar-refractivity contribution in [1.29, 1.82) is 0 Å². The van der Waals surface area contributed by atoms with Gasteiger partial charge in [-0.25, -0.2) is 0 Å². The fourth-order valence-corrected chi connectivity index (χ4v) is 1.56. The number of aliphatic carboxylic acids is 1. The van der Waals surface area contributed by atoms with E-state index in [4.69, 9.17) is 5.11 Å². The molecule has 0 aliphatic carbocycles. The van der Waals surface area contributed by atoms with Gasteiger partial charge in [-0.1, -0.05) is 24.3 Å². The summed E-state index contributed by atoms with van der Waals surface area (Å²) in [5, 5.41) is 12.1. The monoisotopic (exact) mass is 250 g/mol. The number of benzene rings is 1. The molecule has 0 amide bonds. The molecule has 0 bridgehead atoms. The summed E-state index contributed by atoms with van der Waals surface area (Å²) in [6.45, 7) is 3.92. The molecule has 0 heterocycles. The van der Waals surface area contributed by atoms with Gasteiger partial charge in [-0.15, -0.1) is 0 Å². The highest BCUT2D eigenvalue weighted by Crippen LogP contribution is 2.05. The van der Waals surface area contributed by atoms with Gasteiger partial charge in [-0.2, -0.15) is 0 Å². The maximum Gasteiger partial charge on any atom is 0.307 e. The molecule has 2 N–H and O–H groups in total. The summed E-state index contributed by atoms with van der Waals surface area (Å²) in [4.78, 5) is 12.7. The lowest BCUT2D eigenvalue weighted by Gasteiger charge is -2.20. The Kier molecular flexibility index (Phi) is 5.82. The SMILES string of the molecule is CC(CNCc1ccc(CC(=O)O)cc1)N(C)C. The van der Waals surface area contributed by atoms with Crippen molar-refractivity contribution in [3.8, 4) is 0 Å². The molecule has 0 aliphatic heterocycles. The lowest BCUT2D eigenvalue weighted by molar-refractivity contribution is -0.136. The van der Waals surface area contributed by atoms with E-state index >= 15 is 0 Å². The van der Waals surface area contributed by atoms with Crippen LogP contribution in [0.1, 0.15) is 18.1 Å². The minimum absolute atomic E-state index is 0.0887. The smallest absolute Gasteiger partial charge is 0.307 e. The van der Waals surface area contributed by atoms with Crippen LogP contribution in [-0.4, -0.2) is 42.7 Å². The second-order valence-corrected chi connectivity index (χ2v) is 4.83. The molecular formula is C14H22N2O2. The average Bonchev–Trinajstić information content (AvgIpc) is 2.30.